The van der Waals surface area contributed by atoms with Crippen LogP contribution in [0.2, 0.25) is 0 Å². The van der Waals surface area contributed by atoms with Gasteiger partial charge in [-0.2, -0.15) is 20.2 Å². The molecule has 0 amide bonds. The molecule has 0 N–H and O–H groups in total. The minimum atomic E-state index is 0.200. The van der Waals surface area contributed by atoms with Crippen molar-refractivity contribution in [3.63, 3.8) is 0 Å². The zero-order valence-electron chi connectivity index (χ0n) is 13.7. The van der Waals surface area contributed by atoms with Gasteiger partial charge in [-0.15, -0.1) is 0 Å². The van der Waals surface area contributed by atoms with Crippen molar-refractivity contribution in [1.29, 1.82) is 5.26 Å². The van der Waals surface area contributed by atoms with Crippen LogP contribution < -0.4 is 9.80 Å². The summed E-state index contributed by atoms with van der Waals surface area (Å²) in [6.45, 7) is 5.82. The molecule has 0 radical (unpaired) electrons. The van der Waals surface area contributed by atoms with E-state index in [1.807, 2.05) is 0 Å². The summed E-state index contributed by atoms with van der Waals surface area (Å²) in [6, 6.07) is 2.55. The minimum Gasteiger partial charge on any atom is -0.378 e. The Labute approximate surface area is 137 Å². The summed E-state index contributed by atoms with van der Waals surface area (Å²) in [5.41, 5.74) is 0. The second-order valence-corrected chi connectivity index (χ2v) is 6.05. The van der Waals surface area contributed by atoms with E-state index in [1.54, 1.807) is 0 Å². The molecule has 0 aromatic carbocycles. The van der Waals surface area contributed by atoms with Crippen LogP contribution in [-0.4, -0.2) is 53.8 Å². The first-order chi connectivity index (χ1) is 11.3. The van der Waals surface area contributed by atoms with Crippen LogP contribution >= 0.6 is 0 Å². The molecule has 1 saturated heterocycles. The highest BCUT2D eigenvalue weighted by Gasteiger charge is 2.24. The highest BCUT2D eigenvalue weighted by molar-refractivity contribution is 5.42. The van der Waals surface area contributed by atoms with Crippen molar-refractivity contribution >= 4 is 11.9 Å². The van der Waals surface area contributed by atoms with E-state index in [0.29, 0.717) is 31.2 Å². The van der Waals surface area contributed by atoms with E-state index in [2.05, 4.69) is 37.7 Å². The smallest absolute Gasteiger partial charge is 0.238 e. The Hall–Kier alpha value is -1.94. The molecule has 0 unspecified atom stereocenters. The maximum Gasteiger partial charge on any atom is 0.238 e. The van der Waals surface area contributed by atoms with Gasteiger partial charge >= 0.3 is 0 Å². The van der Waals surface area contributed by atoms with Crippen LogP contribution in [0.15, 0.2) is 0 Å². The van der Waals surface area contributed by atoms with E-state index in [0.717, 1.165) is 19.6 Å². The normalized spacial score (nSPS) is 19.4. The van der Waals surface area contributed by atoms with Crippen molar-refractivity contribution in [3.05, 3.63) is 5.82 Å². The van der Waals surface area contributed by atoms with Gasteiger partial charge in [0.1, 0.15) is 6.07 Å². The van der Waals surface area contributed by atoms with E-state index >= 15 is 0 Å². The topological polar surface area (TPSA) is 78.2 Å². The number of hydrogen-bond donors (Lipinski definition) is 0. The fraction of sp³-hybridized carbons (Fsp3) is 0.750. The number of nitrogens with zero attached hydrogens (tertiary/aromatic N) is 6. The van der Waals surface area contributed by atoms with Crippen molar-refractivity contribution < 1.29 is 4.74 Å². The molecular formula is C16H24N6O. The van der Waals surface area contributed by atoms with Crippen LogP contribution in [0, 0.1) is 11.3 Å². The Morgan fingerprint density at radius 1 is 1.17 bits per heavy atom. The SMILES string of the molecule is CCN(c1nc(C#N)nc(N2CCOCC2)n1)C1CCCCC1. The largest absolute Gasteiger partial charge is 0.378 e. The van der Waals surface area contributed by atoms with E-state index in [9.17, 15) is 5.26 Å². The van der Waals surface area contributed by atoms with Crippen LogP contribution in [0.25, 0.3) is 0 Å². The predicted octanol–water partition coefficient (Wildman–Crippen LogP) is 1.74. The minimum absolute atomic E-state index is 0.200. The van der Waals surface area contributed by atoms with Gasteiger partial charge in [0, 0.05) is 25.7 Å². The number of morpholine rings is 1. The second kappa shape index (κ2) is 7.55. The van der Waals surface area contributed by atoms with Crippen LogP contribution in [0.4, 0.5) is 11.9 Å². The molecule has 0 spiro atoms. The van der Waals surface area contributed by atoms with Gasteiger partial charge in [-0.25, -0.2) is 0 Å². The lowest BCUT2D eigenvalue weighted by molar-refractivity contribution is 0.122. The molecule has 1 aliphatic carbocycles. The van der Waals surface area contributed by atoms with Crippen LogP contribution in [-0.2, 0) is 4.74 Å². The lowest BCUT2D eigenvalue weighted by Gasteiger charge is -2.34. The van der Waals surface area contributed by atoms with Gasteiger partial charge in [0.15, 0.2) is 0 Å². The molecule has 124 valence electrons. The standard InChI is InChI=1S/C16H24N6O/c1-2-22(13-6-4-3-5-7-13)16-19-14(12-17)18-15(20-16)21-8-10-23-11-9-21/h13H,2-11H2,1H3. The zero-order chi connectivity index (χ0) is 16.1. The van der Waals surface area contributed by atoms with E-state index in [4.69, 9.17) is 4.74 Å². The number of anilines is 2. The lowest BCUT2D eigenvalue weighted by Crippen LogP contribution is -2.40. The zero-order valence-corrected chi connectivity index (χ0v) is 13.7. The molecule has 1 aromatic heterocycles. The van der Waals surface area contributed by atoms with Crippen LogP contribution in [0.5, 0.6) is 0 Å². The first kappa shape index (κ1) is 15.9. The molecule has 1 aliphatic heterocycles. The highest BCUT2D eigenvalue weighted by atomic mass is 16.5. The molecule has 2 aliphatic rings. The van der Waals surface area contributed by atoms with Crippen molar-refractivity contribution in [1.82, 2.24) is 15.0 Å². The summed E-state index contributed by atoms with van der Waals surface area (Å²) in [7, 11) is 0. The summed E-state index contributed by atoms with van der Waals surface area (Å²) >= 11 is 0. The maximum atomic E-state index is 9.29. The number of ether oxygens (including phenoxy) is 1. The Morgan fingerprint density at radius 3 is 2.57 bits per heavy atom. The van der Waals surface area contributed by atoms with Crippen molar-refractivity contribution in [3.8, 4) is 6.07 Å². The van der Waals surface area contributed by atoms with E-state index in [-0.39, 0.29) is 5.82 Å². The monoisotopic (exact) mass is 316 g/mol. The lowest BCUT2D eigenvalue weighted by atomic mass is 9.94. The summed E-state index contributed by atoms with van der Waals surface area (Å²) in [4.78, 5) is 17.7. The third-order valence-corrected chi connectivity index (χ3v) is 4.62. The van der Waals surface area contributed by atoms with Gasteiger partial charge in [-0.3, -0.25) is 0 Å². The molecule has 0 atom stereocenters. The average molecular weight is 316 g/mol. The fourth-order valence-electron chi connectivity index (χ4n) is 3.39. The third kappa shape index (κ3) is 3.70. The number of aromatic nitrogens is 3. The number of hydrogen-bond acceptors (Lipinski definition) is 7. The van der Waals surface area contributed by atoms with Gasteiger partial charge in [-0.05, 0) is 19.8 Å². The molecule has 7 heteroatoms. The number of rotatable bonds is 4. The van der Waals surface area contributed by atoms with E-state index in [1.165, 1.54) is 32.1 Å². The van der Waals surface area contributed by atoms with Crippen LogP contribution in [0.1, 0.15) is 44.9 Å². The van der Waals surface area contributed by atoms with Crippen molar-refractivity contribution in [2.45, 2.75) is 45.1 Å². The average Bonchev–Trinajstić information content (AvgIpc) is 2.64. The molecule has 2 heterocycles. The Balaban J connectivity index is 1.88. The summed E-state index contributed by atoms with van der Waals surface area (Å²) < 4.78 is 5.38. The molecule has 23 heavy (non-hydrogen) atoms. The number of nitriles is 1. The van der Waals surface area contributed by atoms with Gasteiger partial charge < -0.3 is 14.5 Å². The van der Waals surface area contributed by atoms with Gasteiger partial charge in [0.05, 0.1) is 13.2 Å². The molecule has 2 fully saturated rings. The highest BCUT2D eigenvalue weighted by Crippen LogP contribution is 2.26. The quantitative estimate of drug-likeness (QED) is 0.837. The maximum absolute atomic E-state index is 9.29. The van der Waals surface area contributed by atoms with Crippen molar-refractivity contribution in [2.24, 2.45) is 0 Å². The molecule has 0 bridgehead atoms. The van der Waals surface area contributed by atoms with Gasteiger partial charge in [0.25, 0.3) is 0 Å². The Kier molecular flexibility index (Phi) is 5.23. The molecule has 7 nitrogen and oxygen atoms in total. The first-order valence-corrected chi connectivity index (χ1v) is 8.57. The second-order valence-electron chi connectivity index (χ2n) is 6.05. The predicted molar refractivity (Wildman–Crippen MR) is 87.5 cm³/mol. The van der Waals surface area contributed by atoms with Gasteiger partial charge in [-0.1, -0.05) is 19.3 Å². The molecule has 3 rings (SSSR count). The summed E-state index contributed by atoms with van der Waals surface area (Å²) in [6.07, 6.45) is 6.18. The summed E-state index contributed by atoms with van der Waals surface area (Å²) in [5.74, 6) is 1.45. The van der Waals surface area contributed by atoms with Gasteiger partial charge in [0.2, 0.25) is 17.7 Å². The van der Waals surface area contributed by atoms with E-state index < -0.39 is 0 Å². The first-order valence-electron chi connectivity index (χ1n) is 8.57. The fourth-order valence-corrected chi connectivity index (χ4v) is 3.39. The van der Waals surface area contributed by atoms with Crippen molar-refractivity contribution in [2.75, 3.05) is 42.6 Å². The van der Waals surface area contributed by atoms with Crippen LogP contribution in [0.3, 0.4) is 0 Å². The summed E-state index contributed by atoms with van der Waals surface area (Å²) in [5, 5.41) is 9.29. The third-order valence-electron chi connectivity index (χ3n) is 4.62. The Morgan fingerprint density at radius 2 is 1.91 bits per heavy atom. The molecular weight excluding hydrogens is 292 g/mol. The Bertz CT molecular complexity index is 560. The molecule has 1 saturated carbocycles. The molecule has 1 aromatic rings.